The Balaban J connectivity index is 1.56. The van der Waals surface area contributed by atoms with Gasteiger partial charge in [-0.2, -0.15) is 0 Å². The van der Waals surface area contributed by atoms with Gasteiger partial charge in [0.05, 0.1) is 5.56 Å². The Kier molecular flexibility index (Phi) is 6.29. The third-order valence-electron chi connectivity index (χ3n) is 3.81. The van der Waals surface area contributed by atoms with Crippen molar-refractivity contribution in [3.05, 3.63) is 89.4 Å². The van der Waals surface area contributed by atoms with Gasteiger partial charge in [-0.3, -0.25) is 4.79 Å². The average molecular weight is 396 g/mol. The second kappa shape index (κ2) is 9.06. The molecule has 5 nitrogen and oxygen atoms in total. The van der Waals surface area contributed by atoms with Gasteiger partial charge in [0.1, 0.15) is 11.5 Å². The van der Waals surface area contributed by atoms with Crippen LogP contribution in [0.15, 0.2) is 78.9 Å². The number of nitrogens with one attached hydrogen (secondary N) is 1. The highest BCUT2D eigenvalue weighted by atomic mass is 35.5. The number of para-hydroxylation sites is 1. The van der Waals surface area contributed by atoms with E-state index < -0.39 is 18.0 Å². The van der Waals surface area contributed by atoms with Crippen LogP contribution in [0.1, 0.15) is 17.3 Å². The summed E-state index contributed by atoms with van der Waals surface area (Å²) >= 11 is 5.89. The van der Waals surface area contributed by atoms with Gasteiger partial charge in [0.25, 0.3) is 5.91 Å². The monoisotopic (exact) mass is 395 g/mol. The zero-order valence-electron chi connectivity index (χ0n) is 15.1. The molecule has 0 aliphatic rings. The van der Waals surface area contributed by atoms with Gasteiger partial charge in [0.15, 0.2) is 6.10 Å². The first-order chi connectivity index (χ1) is 13.5. The summed E-state index contributed by atoms with van der Waals surface area (Å²) in [5.41, 5.74) is 0.852. The predicted octanol–water partition coefficient (Wildman–Crippen LogP) is 5.32. The summed E-state index contributed by atoms with van der Waals surface area (Å²) in [5.74, 6) is 0.248. The molecule has 0 spiro atoms. The summed E-state index contributed by atoms with van der Waals surface area (Å²) in [5, 5.41) is 3.16. The SMILES string of the molecule is C[C@@H](OC(=O)c1ccc(Oc2ccccc2)cc1)C(=O)Nc1cccc(Cl)c1. The molecule has 0 saturated carbocycles. The fourth-order valence-electron chi connectivity index (χ4n) is 2.38. The molecule has 3 rings (SSSR count). The van der Waals surface area contributed by atoms with Crippen molar-refractivity contribution in [2.75, 3.05) is 5.32 Å². The molecule has 3 aromatic rings. The number of anilines is 1. The van der Waals surface area contributed by atoms with E-state index in [0.717, 1.165) is 0 Å². The Bertz CT molecular complexity index is 958. The summed E-state index contributed by atoms with van der Waals surface area (Å²) in [7, 11) is 0. The minimum absolute atomic E-state index is 0.322. The minimum Gasteiger partial charge on any atom is -0.457 e. The van der Waals surface area contributed by atoms with Gasteiger partial charge < -0.3 is 14.8 Å². The normalized spacial score (nSPS) is 11.4. The molecule has 0 bridgehead atoms. The molecule has 0 aromatic heterocycles. The van der Waals surface area contributed by atoms with Gasteiger partial charge in [-0.15, -0.1) is 0 Å². The van der Waals surface area contributed by atoms with Gasteiger partial charge in [-0.1, -0.05) is 35.9 Å². The van der Waals surface area contributed by atoms with Crippen LogP contribution in [0.25, 0.3) is 0 Å². The highest BCUT2D eigenvalue weighted by Gasteiger charge is 2.19. The van der Waals surface area contributed by atoms with E-state index >= 15 is 0 Å². The Morgan fingerprint density at radius 2 is 1.57 bits per heavy atom. The van der Waals surface area contributed by atoms with Gasteiger partial charge >= 0.3 is 5.97 Å². The third kappa shape index (κ3) is 5.34. The second-order valence-corrected chi connectivity index (χ2v) is 6.42. The van der Waals surface area contributed by atoms with Crippen LogP contribution in [0.3, 0.4) is 0 Å². The van der Waals surface area contributed by atoms with Crippen LogP contribution in [0.5, 0.6) is 11.5 Å². The van der Waals surface area contributed by atoms with E-state index in [0.29, 0.717) is 27.8 Å². The standard InChI is InChI=1S/C22H18ClNO4/c1-15(21(25)24-18-7-5-6-17(23)14-18)27-22(26)16-10-12-20(13-11-16)28-19-8-3-2-4-9-19/h2-15H,1H3,(H,24,25)/t15-/m1/s1. The topological polar surface area (TPSA) is 64.6 Å². The second-order valence-electron chi connectivity index (χ2n) is 5.99. The van der Waals surface area contributed by atoms with Crippen LogP contribution < -0.4 is 10.1 Å². The van der Waals surface area contributed by atoms with Crippen molar-refractivity contribution in [1.29, 1.82) is 0 Å². The summed E-state index contributed by atoms with van der Waals surface area (Å²) < 4.78 is 10.9. The van der Waals surface area contributed by atoms with Crippen molar-refractivity contribution >= 4 is 29.2 Å². The zero-order chi connectivity index (χ0) is 19.9. The van der Waals surface area contributed by atoms with Crippen LogP contribution in [0, 0.1) is 0 Å². The fourth-order valence-corrected chi connectivity index (χ4v) is 2.57. The number of esters is 1. The van der Waals surface area contributed by atoms with E-state index in [4.69, 9.17) is 21.1 Å². The number of hydrogen-bond donors (Lipinski definition) is 1. The van der Waals surface area contributed by atoms with Gasteiger partial charge in [-0.25, -0.2) is 4.79 Å². The smallest absolute Gasteiger partial charge is 0.338 e. The molecule has 0 saturated heterocycles. The molecule has 142 valence electrons. The summed E-state index contributed by atoms with van der Waals surface area (Å²) in [6.45, 7) is 1.50. The lowest BCUT2D eigenvalue weighted by molar-refractivity contribution is -0.123. The number of carbonyl (C=O) groups is 2. The van der Waals surface area contributed by atoms with E-state index in [1.807, 2.05) is 30.3 Å². The lowest BCUT2D eigenvalue weighted by Gasteiger charge is -2.14. The van der Waals surface area contributed by atoms with Crippen LogP contribution in [0.2, 0.25) is 5.02 Å². The van der Waals surface area contributed by atoms with Gasteiger partial charge in [0, 0.05) is 10.7 Å². The highest BCUT2D eigenvalue weighted by Crippen LogP contribution is 2.21. The third-order valence-corrected chi connectivity index (χ3v) is 4.05. The summed E-state index contributed by atoms with van der Waals surface area (Å²) in [6, 6.07) is 22.5. The van der Waals surface area contributed by atoms with E-state index in [1.165, 1.54) is 6.92 Å². The first-order valence-electron chi connectivity index (χ1n) is 8.61. The lowest BCUT2D eigenvalue weighted by Crippen LogP contribution is -2.30. The Labute approximate surface area is 167 Å². The maximum absolute atomic E-state index is 12.3. The van der Waals surface area contributed by atoms with Crippen molar-refractivity contribution in [3.63, 3.8) is 0 Å². The predicted molar refractivity (Wildman–Crippen MR) is 108 cm³/mol. The number of ether oxygens (including phenoxy) is 2. The summed E-state index contributed by atoms with van der Waals surface area (Å²) in [4.78, 5) is 24.5. The van der Waals surface area contributed by atoms with Crippen molar-refractivity contribution in [1.82, 2.24) is 0 Å². The highest BCUT2D eigenvalue weighted by molar-refractivity contribution is 6.30. The summed E-state index contributed by atoms with van der Waals surface area (Å²) in [6.07, 6.45) is -0.966. The van der Waals surface area contributed by atoms with Crippen LogP contribution in [0.4, 0.5) is 5.69 Å². The van der Waals surface area contributed by atoms with E-state index in [1.54, 1.807) is 48.5 Å². The minimum atomic E-state index is -0.966. The van der Waals surface area contributed by atoms with Crippen molar-refractivity contribution in [2.24, 2.45) is 0 Å². The molecule has 28 heavy (non-hydrogen) atoms. The molecule has 0 fully saturated rings. The Hall–Kier alpha value is -3.31. The molecule has 0 heterocycles. The number of hydrogen-bond acceptors (Lipinski definition) is 4. The molecular formula is C22H18ClNO4. The molecule has 0 unspecified atom stereocenters. The van der Waals surface area contributed by atoms with Crippen LogP contribution in [-0.2, 0) is 9.53 Å². The molecule has 3 aromatic carbocycles. The maximum Gasteiger partial charge on any atom is 0.338 e. The van der Waals surface area contributed by atoms with Crippen LogP contribution >= 0.6 is 11.6 Å². The molecule has 0 aliphatic carbocycles. The first-order valence-corrected chi connectivity index (χ1v) is 8.99. The van der Waals surface area contributed by atoms with E-state index in [9.17, 15) is 9.59 Å². The first kappa shape index (κ1) is 19.5. The van der Waals surface area contributed by atoms with Gasteiger partial charge in [0.2, 0.25) is 0 Å². The molecular weight excluding hydrogens is 378 g/mol. The number of carbonyl (C=O) groups excluding carboxylic acids is 2. The van der Waals surface area contributed by atoms with Crippen LogP contribution in [-0.4, -0.2) is 18.0 Å². The number of amides is 1. The fraction of sp³-hybridized carbons (Fsp3) is 0.0909. The molecule has 1 amide bonds. The number of rotatable bonds is 6. The molecule has 1 atom stereocenters. The molecule has 1 N–H and O–H groups in total. The van der Waals surface area contributed by atoms with E-state index in [2.05, 4.69) is 5.32 Å². The largest absolute Gasteiger partial charge is 0.457 e. The molecule has 0 aliphatic heterocycles. The Morgan fingerprint density at radius 3 is 2.25 bits per heavy atom. The number of halogens is 1. The molecule has 6 heteroatoms. The molecule has 0 radical (unpaired) electrons. The lowest BCUT2D eigenvalue weighted by atomic mass is 10.2. The number of benzene rings is 3. The average Bonchev–Trinajstić information content (AvgIpc) is 2.69. The van der Waals surface area contributed by atoms with Crippen molar-refractivity contribution < 1.29 is 19.1 Å². The van der Waals surface area contributed by atoms with Crippen molar-refractivity contribution in [2.45, 2.75) is 13.0 Å². The maximum atomic E-state index is 12.3. The Morgan fingerprint density at radius 1 is 0.893 bits per heavy atom. The zero-order valence-corrected chi connectivity index (χ0v) is 15.8. The van der Waals surface area contributed by atoms with E-state index in [-0.39, 0.29) is 0 Å². The van der Waals surface area contributed by atoms with Gasteiger partial charge in [-0.05, 0) is 61.5 Å². The van der Waals surface area contributed by atoms with Crippen molar-refractivity contribution in [3.8, 4) is 11.5 Å². The quantitative estimate of drug-likeness (QED) is 0.574.